The van der Waals surface area contributed by atoms with Gasteiger partial charge < -0.3 is 15.0 Å². The molecule has 1 saturated heterocycles. The minimum absolute atomic E-state index is 0.0104. The molecule has 0 bridgehead atoms. The number of carbonyl (C=O) groups excluding carboxylic acids is 2. The summed E-state index contributed by atoms with van der Waals surface area (Å²) in [7, 11) is 0. The van der Waals surface area contributed by atoms with Crippen LogP contribution in [0.1, 0.15) is 70.9 Å². The number of nitrogens with zero attached hydrogens (tertiary/aromatic N) is 1. The molecule has 0 spiro atoms. The minimum atomic E-state index is -0.0429. The summed E-state index contributed by atoms with van der Waals surface area (Å²) in [5.74, 6) is 0.921. The van der Waals surface area contributed by atoms with Gasteiger partial charge in [-0.25, -0.2) is 0 Å². The molecule has 5 nitrogen and oxygen atoms in total. The Morgan fingerprint density at radius 3 is 2.50 bits per heavy atom. The third-order valence-electron chi connectivity index (χ3n) is 5.26. The molecule has 0 unspecified atom stereocenters. The molecule has 1 aromatic rings. The molecule has 2 amide bonds. The fraction of sp³-hybridized carbons (Fsp3) is 0.652. The van der Waals surface area contributed by atoms with Crippen LogP contribution in [0.15, 0.2) is 18.2 Å². The molecule has 1 aliphatic rings. The molecular weight excluding hydrogens is 352 g/mol. The summed E-state index contributed by atoms with van der Waals surface area (Å²) in [6, 6.07) is 6.29. The number of nitrogens with one attached hydrogen (secondary N) is 1. The van der Waals surface area contributed by atoms with E-state index in [1.54, 1.807) is 0 Å². The molecule has 1 fully saturated rings. The highest BCUT2D eigenvalue weighted by Gasteiger charge is 2.25. The molecule has 156 valence electrons. The van der Waals surface area contributed by atoms with Crippen molar-refractivity contribution in [2.24, 2.45) is 0 Å². The average Bonchev–Trinajstić information content (AvgIpc) is 2.65. The van der Waals surface area contributed by atoms with Gasteiger partial charge >= 0.3 is 0 Å². The maximum Gasteiger partial charge on any atom is 0.260 e. The summed E-state index contributed by atoms with van der Waals surface area (Å²) in [6.45, 7) is 12.0. The highest BCUT2D eigenvalue weighted by molar-refractivity contribution is 5.78. The quantitative estimate of drug-likeness (QED) is 0.769. The molecule has 0 aromatic heterocycles. The van der Waals surface area contributed by atoms with Gasteiger partial charge in [0.1, 0.15) is 5.75 Å². The maximum absolute atomic E-state index is 12.6. The third kappa shape index (κ3) is 6.54. The van der Waals surface area contributed by atoms with Gasteiger partial charge in [0.15, 0.2) is 6.61 Å². The summed E-state index contributed by atoms with van der Waals surface area (Å²) < 4.78 is 5.91. The van der Waals surface area contributed by atoms with E-state index in [-0.39, 0.29) is 29.9 Å². The number of hydrogen-bond acceptors (Lipinski definition) is 3. The summed E-state index contributed by atoms with van der Waals surface area (Å²) in [6.07, 6.45) is 4.16. The molecule has 1 N–H and O–H groups in total. The molecule has 5 heteroatoms. The van der Waals surface area contributed by atoms with Crippen molar-refractivity contribution in [3.8, 4) is 5.75 Å². The van der Waals surface area contributed by atoms with Gasteiger partial charge in [-0.15, -0.1) is 0 Å². The number of hydrogen-bond donors (Lipinski definition) is 1. The van der Waals surface area contributed by atoms with E-state index in [1.165, 1.54) is 5.56 Å². The van der Waals surface area contributed by atoms with Crippen molar-refractivity contribution in [2.75, 3.05) is 19.7 Å². The number of ether oxygens (including phenoxy) is 1. The number of carbonyl (C=O) groups is 2. The zero-order valence-corrected chi connectivity index (χ0v) is 18.1. The number of unbranched alkanes of at least 4 members (excludes halogenated alkanes) is 1. The number of aryl methyl sites for hydroxylation is 1. The van der Waals surface area contributed by atoms with Crippen LogP contribution in [-0.2, 0) is 15.0 Å². The fourth-order valence-corrected chi connectivity index (χ4v) is 3.50. The van der Waals surface area contributed by atoms with Gasteiger partial charge in [0.2, 0.25) is 5.91 Å². The number of benzene rings is 1. The molecule has 0 saturated carbocycles. The third-order valence-corrected chi connectivity index (χ3v) is 5.26. The van der Waals surface area contributed by atoms with Crippen LogP contribution in [0.2, 0.25) is 0 Å². The second-order valence-electron chi connectivity index (χ2n) is 8.86. The lowest BCUT2D eigenvalue weighted by Gasteiger charge is -2.32. The summed E-state index contributed by atoms with van der Waals surface area (Å²) >= 11 is 0. The van der Waals surface area contributed by atoms with Gasteiger partial charge in [-0.05, 0) is 43.2 Å². The van der Waals surface area contributed by atoms with Crippen LogP contribution in [0.3, 0.4) is 0 Å². The highest BCUT2D eigenvalue weighted by atomic mass is 16.5. The van der Waals surface area contributed by atoms with Crippen molar-refractivity contribution in [3.05, 3.63) is 29.3 Å². The molecule has 0 atom stereocenters. The Kier molecular flexibility index (Phi) is 7.90. The normalized spacial score (nSPS) is 15.4. The van der Waals surface area contributed by atoms with E-state index in [0.717, 1.165) is 37.0 Å². The van der Waals surface area contributed by atoms with Gasteiger partial charge in [0.05, 0.1) is 0 Å². The molecule has 0 radical (unpaired) electrons. The van der Waals surface area contributed by atoms with Gasteiger partial charge in [-0.3, -0.25) is 9.59 Å². The van der Waals surface area contributed by atoms with Crippen LogP contribution in [0.4, 0.5) is 0 Å². The first-order chi connectivity index (χ1) is 13.2. The van der Waals surface area contributed by atoms with Gasteiger partial charge in [-0.2, -0.15) is 0 Å². The Labute approximate surface area is 169 Å². The van der Waals surface area contributed by atoms with E-state index in [1.807, 2.05) is 17.0 Å². The van der Waals surface area contributed by atoms with Gasteiger partial charge in [0.25, 0.3) is 5.91 Å². The number of rotatable bonds is 7. The predicted molar refractivity (Wildman–Crippen MR) is 113 cm³/mol. The first-order valence-electron chi connectivity index (χ1n) is 10.5. The molecular formula is C23H36N2O3. The highest BCUT2D eigenvalue weighted by Crippen LogP contribution is 2.32. The molecule has 28 heavy (non-hydrogen) atoms. The topological polar surface area (TPSA) is 58.6 Å². The molecule has 1 aromatic carbocycles. The number of amides is 2. The second-order valence-corrected chi connectivity index (χ2v) is 8.86. The zero-order valence-electron chi connectivity index (χ0n) is 18.1. The standard InChI is InChI=1S/C23H36N2O3/c1-6-7-8-21(26)24-18-11-13-25(14-12-18)22(27)16-28-20-10-9-17(2)15-19(20)23(3,4)5/h9-10,15,18H,6-8,11-14,16H2,1-5H3,(H,24,26). The minimum Gasteiger partial charge on any atom is -0.483 e. The maximum atomic E-state index is 12.6. The lowest BCUT2D eigenvalue weighted by molar-refractivity contribution is -0.134. The van der Waals surface area contributed by atoms with Crippen LogP contribution in [0.5, 0.6) is 5.75 Å². The van der Waals surface area contributed by atoms with Crippen LogP contribution in [0.25, 0.3) is 0 Å². The van der Waals surface area contributed by atoms with E-state index < -0.39 is 0 Å². The van der Waals surface area contributed by atoms with Gasteiger partial charge in [-0.1, -0.05) is 51.8 Å². The van der Waals surface area contributed by atoms with E-state index in [0.29, 0.717) is 19.5 Å². The lowest BCUT2D eigenvalue weighted by Crippen LogP contribution is -2.47. The first kappa shape index (κ1) is 22.3. The van der Waals surface area contributed by atoms with Crippen molar-refractivity contribution < 1.29 is 14.3 Å². The van der Waals surface area contributed by atoms with Crippen LogP contribution >= 0.6 is 0 Å². The Balaban J connectivity index is 1.83. The van der Waals surface area contributed by atoms with Crippen molar-refractivity contribution in [2.45, 2.75) is 78.2 Å². The Bertz CT molecular complexity index is 671. The zero-order chi connectivity index (χ0) is 20.7. The average molecular weight is 389 g/mol. The van der Waals surface area contributed by atoms with Crippen molar-refractivity contribution in [1.29, 1.82) is 0 Å². The molecule has 1 aliphatic heterocycles. The van der Waals surface area contributed by atoms with Crippen LogP contribution < -0.4 is 10.1 Å². The SMILES string of the molecule is CCCCC(=O)NC1CCN(C(=O)COc2ccc(C)cc2C(C)(C)C)CC1. The number of piperidine rings is 1. The summed E-state index contributed by atoms with van der Waals surface area (Å²) in [4.78, 5) is 26.3. The van der Waals surface area contributed by atoms with E-state index in [9.17, 15) is 9.59 Å². The van der Waals surface area contributed by atoms with E-state index in [4.69, 9.17) is 4.74 Å². The van der Waals surface area contributed by atoms with Crippen molar-refractivity contribution in [3.63, 3.8) is 0 Å². The molecule has 1 heterocycles. The summed E-state index contributed by atoms with van der Waals surface area (Å²) in [5.41, 5.74) is 2.26. The smallest absolute Gasteiger partial charge is 0.260 e. The van der Waals surface area contributed by atoms with Crippen LogP contribution in [0, 0.1) is 6.92 Å². The molecule has 0 aliphatic carbocycles. The van der Waals surface area contributed by atoms with Crippen molar-refractivity contribution in [1.82, 2.24) is 10.2 Å². The first-order valence-corrected chi connectivity index (χ1v) is 10.5. The Morgan fingerprint density at radius 1 is 1.21 bits per heavy atom. The largest absolute Gasteiger partial charge is 0.483 e. The number of likely N-dealkylation sites (tertiary alicyclic amines) is 1. The Morgan fingerprint density at radius 2 is 1.89 bits per heavy atom. The lowest BCUT2D eigenvalue weighted by atomic mass is 9.85. The van der Waals surface area contributed by atoms with Gasteiger partial charge in [0, 0.05) is 25.6 Å². The molecule has 2 rings (SSSR count). The van der Waals surface area contributed by atoms with Crippen LogP contribution in [-0.4, -0.2) is 42.5 Å². The monoisotopic (exact) mass is 388 g/mol. The predicted octanol–water partition coefficient (Wildman–Crippen LogP) is 3.97. The fourth-order valence-electron chi connectivity index (χ4n) is 3.50. The second kappa shape index (κ2) is 9.94. The van der Waals surface area contributed by atoms with Crippen molar-refractivity contribution >= 4 is 11.8 Å². The van der Waals surface area contributed by atoms with E-state index >= 15 is 0 Å². The Hall–Kier alpha value is -2.04. The van der Waals surface area contributed by atoms with E-state index in [2.05, 4.69) is 46.0 Å². The summed E-state index contributed by atoms with van der Waals surface area (Å²) in [5, 5.41) is 3.09.